The number of amides is 1. The lowest BCUT2D eigenvalue weighted by Crippen LogP contribution is -2.55. The van der Waals surface area contributed by atoms with Crippen molar-refractivity contribution in [3.8, 4) is 0 Å². The Morgan fingerprint density at radius 2 is 1.75 bits per heavy atom. The summed E-state index contributed by atoms with van der Waals surface area (Å²) in [6, 6.07) is 0. The summed E-state index contributed by atoms with van der Waals surface area (Å²) in [6.07, 6.45) is 0.912. The van der Waals surface area contributed by atoms with Gasteiger partial charge >= 0.3 is 6.09 Å². The zero-order chi connectivity index (χ0) is 12.6. The van der Waals surface area contributed by atoms with Crippen LogP contribution in [0.3, 0.4) is 0 Å². The van der Waals surface area contributed by atoms with E-state index in [1.807, 2.05) is 34.6 Å². The first-order valence-corrected chi connectivity index (χ1v) is 5.79. The molecule has 0 aromatic carbocycles. The highest BCUT2D eigenvalue weighted by Crippen LogP contribution is 2.36. The summed E-state index contributed by atoms with van der Waals surface area (Å²) in [5.41, 5.74) is -0.791. The number of hydrogen-bond acceptors (Lipinski definition) is 3. The number of aliphatic hydroxyl groups excluding tert-OH is 1. The number of hydrogen-bond donors (Lipinski definition) is 2. The van der Waals surface area contributed by atoms with Crippen LogP contribution in [0.1, 0.15) is 47.5 Å². The molecule has 1 aliphatic carbocycles. The van der Waals surface area contributed by atoms with Gasteiger partial charge in [0.15, 0.2) is 0 Å². The van der Waals surface area contributed by atoms with Gasteiger partial charge in [-0.25, -0.2) is 4.79 Å². The Hall–Kier alpha value is -0.770. The molecule has 0 aromatic heterocycles. The van der Waals surface area contributed by atoms with Crippen LogP contribution in [0.25, 0.3) is 0 Å². The number of carbonyl (C=O) groups is 1. The van der Waals surface area contributed by atoms with Crippen molar-refractivity contribution in [2.75, 3.05) is 0 Å². The summed E-state index contributed by atoms with van der Waals surface area (Å²) in [7, 11) is 0. The van der Waals surface area contributed by atoms with E-state index >= 15 is 0 Å². The average molecular weight is 229 g/mol. The van der Waals surface area contributed by atoms with Crippen molar-refractivity contribution in [1.29, 1.82) is 0 Å². The predicted molar refractivity (Wildman–Crippen MR) is 62.2 cm³/mol. The summed E-state index contributed by atoms with van der Waals surface area (Å²) >= 11 is 0. The molecular formula is C12H23NO3. The van der Waals surface area contributed by atoms with Gasteiger partial charge in [0.1, 0.15) is 5.60 Å². The largest absolute Gasteiger partial charge is 0.444 e. The first kappa shape index (κ1) is 13.3. The van der Waals surface area contributed by atoms with Crippen LogP contribution in [0.2, 0.25) is 0 Å². The van der Waals surface area contributed by atoms with Crippen LogP contribution in [-0.4, -0.2) is 28.4 Å². The van der Waals surface area contributed by atoms with E-state index in [1.54, 1.807) is 0 Å². The van der Waals surface area contributed by atoms with E-state index in [0.717, 1.165) is 12.8 Å². The minimum absolute atomic E-state index is 0.204. The summed E-state index contributed by atoms with van der Waals surface area (Å²) < 4.78 is 5.21. The monoisotopic (exact) mass is 229 g/mol. The molecule has 1 fully saturated rings. The molecule has 0 aromatic rings. The Bertz CT molecular complexity index is 262. The molecule has 94 valence electrons. The van der Waals surface area contributed by atoms with Crippen molar-refractivity contribution < 1.29 is 14.6 Å². The molecule has 0 unspecified atom stereocenters. The second-order valence-electron chi connectivity index (χ2n) is 6.17. The fourth-order valence-electron chi connectivity index (χ4n) is 1.85. The molecule has 4 nitrogen and oxygen atoms in total. The normalized spacial score (nSPS) is 25.9. The fourth-order valence-corrected chi connectivity index (χ4v) is 1.85. The van der Waals surface area contributed by atoms with Crippen molar-refractivity contribution >= 4 is 6.09 Å². The molecule has 0 bridgehead atoms. The van der Waals surface area contributed by atoms with E-state index in [1.165, 1.54) is 0 Å². The minimum Gasteiger partial charge on any atom is -0.444 e. The van der Waals surface area contributed by atoms with Gasteiger partial charge in [-0.05, 0) is 53.4 Å². The Morgan fingerprint density at radius 3 is 2.12 bits per heavy atom. The van der Waals surface area contributed by atoms with Gasteiger partial charge in [-0.2, -0.15) is 0 Å². The Labute approximate surface area is 97.4 Å². The van der Waals surface area contributed by atoms with E-state index in [2.05, 4.69) is 5.32 Å². The first-order chi connectivity index (χ1) is 7.10. The van der Waals surface area contributed by atoms with E-state index < -0.39 is 5.60 Å². The van der Waals surface area contributed by atoms with E-state index in [0.29, 0.717) is 5.92 Å². The maximum atomic E-state index is 11.6. The van der Waals surface area contributed by atoms with Gasteiger partial charge in [-0.3, -0.25) is 0 Å². The summed E-state index contributed by atoms with van der Waals surface area (Å²) in [4.78, 5) is 11.6. The van der Waals surface area contributed by atoms with Gasteiger partial charge in [0, 0.05) is 5.54 Å². The molecule has 0 saturated heterocycles. The lowest BCUT2D eigenvalue weighted by Gasteiger charge is -2.43. The van der Waals surface area contributed by atoms with Crippen molar-refractivity contribution in [1.82, 2.24) is 5.32 Å². The van der Waals surface area contributed by atoms with E-state index in [4.69, 9.17) is 4.74 Å². The molecule has 2 N–H and O–H groups in total. The quantitative estimate of drug-likeness (QED) is 0.762. The highest BCUT2D eigenvalue weighted by atomic mass is 16.6. The lowest BCUT2D eigenvalue weighted by molar-refractivity contribution is -0.00578. The number of aliphatic hydroxyl groups is 1. The molecule has 0 heterocycles. The number of alkyl carbamates (subject to hydrolysis) is 1. The fraction of sp³-hybridized carbons (Fsp3) is 0.917. The smallest absolute Gasteiger partial charge is 0.408 e. The minimum atomic E-state index is -0.473. The maximum absolute atomic E-state index is 11.6. The van der Waals surface area contributed by atoms with Gasteiger partial charge in [-0.1, -0.05) is 0 Å². The van der Waals surface area contributed by atoms with Crippen molar-refractivity contribution in [3.05, 3.63) is 0 Å². The van der Waals surface area contributed by atoms with Gasteiger partial charge in [-0.15, -0.1) is 0 Å². The van der Waals surface area contributed by atoms with Gasteiger partial charge in [0.05, 0.1) is 6.10 Å². The highest BCUT2D eigenvalue weighted by molar-refractivity contribution is 5.68. The van der Waals surface area contributed by atoms with Crippen LogP contribution in [0.4, 0.5) is 4.79 Å². The topological polar surface area (TPSA) is 58.6 Å². The summed E-state index contributed by atoms with van der Waals surface area (Å²) in [6.45, 7) is 9.45. The predicted octanol–water partition coefficient (Wildman–Crippen LogP) is 2.06. The van der Waals surface area contributed by atoms with E-state index in [-0.39, 0.29) is 17.7 Å². The summed E-state index contributed by atoms with van der Waals surface area (Å²) in [5.74, 6) is 0.329. The van der Waals surface area contributed by atoms with Gasteiger partial charge in [0.25, 0.3) is 0 Å². The zero-order valence-electron chi connectivity index (χ0n) is 10.8. The Balaban J connectivity index is 2.43. The second kappa shape index (κ2) is 4.24. The van der Waals surface area contributed by atoms with Crippen LogP contribution in [0.15, 0.2) is 0 Å². The SMILES string of the molecule is CC(C)(C)OC(=O)NC(C)(C)C1CC(O)C1. The molecule has 4 heteroatoms. The molecule has 0 radical (unpaired) electrons. The molecule has 16 heavy (non-hydrogen) atoms. The molecule has 0 spiro atoms. The van der Waals surface area contributed by atoms with Crippen molar-refractivity contribution in [2.24, 2.45) is 5.92 Å². The van der Waals surface area contributed by atoms with Crippen LogP contribution in [0.5, 0.6) is 0 Å². The molecule has 0 atom stereocenters. The molecule has 1 aliphatic rings. The summed E-state index contributed by atoms with van der Waals surface area (Å²) in [5, 5.41) is 12.1. The Kier molecular flexibility index (Phi) is 3.53. The third kappa shape index (κ3) is 3.67. The molecule has 1 amide bonds. The lowest BCUT2D eigenvalue weighted by atomic mass is 9.71. The molecule has 0 aliphatic heterocycles. The molecular weight excluding hydrogens is 206 g/mol. The number of rotatable bonds is 2. The molecule has 1 saturated carbocycles. The standard InChI is InChI=1S/C12H23NO3/c1-11(2,3)16-10(15)13-12(4,5)8-6-9(14)7-8/h8-9,14H,6-7H2,1-5H3,(H,13,15). The van der Waals surface area contributed by atoms with Crippen molar-refractivity contribution in [3.63, 3.8) is 0 Å². The third-order valence-electron chi connectivity index (χ3n) is 2.96. The maximum Gasteiger partial charge on any atom is 0.408 e. The Morgan fingerprint density at radius 1 is 1.25 bits per heavy atom. The number of ether oxygens (including phenoxy) is 1. The second-order valence-corrected chi connectivity index (χ2v) is 6.17. The van der Waals surface area contributed by atoms with Crippen LogP contribution < -0.4 is 5.32 Å². The van der Waals surface area contributed by atoms with Crippen LogP contribution in [-0.2, 0) is 4.74 Å². The first-order valence-electron chi connectivity index (χ1n) is 5.79. The third-order valence-corrected chi connectivity index (χ3v) is 2.96. The van der Waals surface area contributed by atoms with E-state index in [9.17, 15) is 9.90 Å². The van der Waals surface area contributed by atoms with Crippen LogP contribution in [0, 0.1) is 5.92 Å². The molecule has 1 rings (SSSR count). The number of carbonyl (C=O) groups excluding carboxylic acids is 1. The van der Waals surface area contributed by atoms with Crippen LogP contribution >= 0.6 is 0 Å². The van der Waals surface area contributed by atoms with Gasteiger partial charge in [0.2, 0.25) is 0 Å². The number of nitrogens with one attached hydrogen (secondary N) is 1. The highest BCUT2D eigenvalue weighted by Gasteiger charge is 2.40. The zero-order valence-corrected chi connectivity index (χ0v) is 10.8. The van der Waals surface area contributed by atoms with Crippen molar-refractivity contribution in [2.45, 2.75) is 64.7 Å². The average Bonchev–Trinajstić information content (AvgIpc) is 1.92. The van der Waals surface area contributed by atoms with Gasteiger partial charge < -0.3 is 15.2 Å².